The SMILES string of the molecule is CN1CCN=C1[C@H]1c2n[nH]c(=O)c3cccc(c23)N[C@H]1c1ccc(C(F)(F)F)cc1. The van der Waals surface area contributed by atoms with E-state index in [4.69, 9.17) is 0 Å². The number of likely N-dealkylation sites (N-methyl/N-ethyl adjacent to an activating group) is 1. The Morgan fingerprint density at radius 1 is 1.13 bits per heavy atom. The maximum atomic E-state index is 13.0. The number of benzene rings is 2. The van der Waals surface area contributed by atoms with Crippen molar-refractivity contribution in [2.45, 2.75) is 18.1 Å². The number of hydrogen-bond donors (Lipinski definition) is 2. The predicted octanol–water partition coefficient (Wildman–Crippen LogP) is 3.54. The molecular formula is C21H18F3N5O. The van der Waals surface area contributed by atoms with Crippen molar-refractivity contribution in [2.75, 3.05) is 25.5 Å². The zero-order valence-electron chi connectivity index (χ0n) is 16.0. The molecule has 0 fully saturated rings. The van der Waals surface area contributed by atoms with Gasteiger partial charge in [-0.05, 0) is 29.8 Å². The average Bonchev–Trinajstić information content (AvgIpc) is 3.15. The summed E-state index contributed by atoms with van der Waals surface area (Å²) in [6.07, 6.45) is -4.40. The zero-order chi connectivity index (χ0) is 21.0. The molecule has 0 saturated heterocycles. The molecule has 30 heavy (non-hydrogen) atoms. The molecule has 2 aliphatic heterocycles. The Hall–Kier alpha value is -3.36. The van der Waals surface area contributed by atoms with Crippen molar-refractivity contribution in [3.8, 4) is 0 Å². The summed E-state index contributed by atoms with van der Waals surface area (Å²) in [6, 6.07) is 10.1. The molecule has 9 heteroatoms. The van der Waals surface area contributed by atoms with Crippen LogP contribution < -0.4 is 10.9 Å². The van der Waals surface area contributed by atoms with E-state index in [1.807, 2.05) is 18.0 Å². The van der Waals surface area contributed by atoms with E-state index >= 15 is 0 Å². The number of aromatic amines is 1. The van der Waals surface area contributed by atoms with Gasteiger partial charge >= 0.3 is 6.18 Å². The lowest BCUT2D eigenvalue weighted by molar-refractivity contribution is -0.137. The van der Waals surface area contributed by atoms with E-state index in [0.29, 0.717) is 23.2 Å². The van der Waals surface area contributed by atoms with E-state index in [0.717, 1.165) is 35.6 Å². The molecule has 3 aromatic rings. The van der Waals surface area contributed by atoms with Gasteiger partial charge in [-0.25, -0.2) is 5.10 Å². The van der Waals surface area contributed by atoms with E-state index in [1.165, 1.54) is 12.1 Å². The number of anilines is 1. The summed E-state index contributed by atoms with van der Waals surface area (Å²) in [6.45, 7) is 1.38. The van der Waals surface area contributed by atoms with E-state index in [-0.39, 0.29) is 17.5 Å². The fraction of sp³-hybridized carbons (Fsp3) is 0.286. The van der Waals surface area contributed by atoms with Crippen LogP contribution in [-0.2, 0) is 6.18 Å². The first-order valence-corrected chi connectivity index (χ1v) is 9.55. The number of rotatable bonds is 2. The summed E-state index contributed by atoms with van der Waals surface area (Å²) in [5.41, 5.74) is 1.09. The van der Waals surface area contributed by atoms with Crippen LogP contribution in [0.2, 0.25) is 0 Å². The molecule has 2 N–H and O–H groups in total. The summed E-state index contributed by atoms with van der Waals surface area (Å²) >= 11 is 0. The van der Waals surface area contributed by atoms with Gasteiger partial charge in [-0.15, -0.1) is 0 Å². The average molecular weight is 413 g/mol. The second kappa shape index (κ2) is 6.58. The number of aromatic nitrogens is 2. The number of halogens is 3. The summed E-state index contributed by atoms with van der Waals surface area (Å²) < 4.78 is 39.1. The molecule has 2 aliphatic rings. The van der Waals surface area contributed by atoms with Crippen molar-refractivity contribution in [2.24, 2.45) is 4.99 Å². The van der Waals surface area contributed by atoms with Gasteiger partial charge in [0.05, 0.1) is 35.1 Å². The molecule has 0 saturated carbocycles. The number of hydrogen-bond acceptors (Lipinski definition) is 5. The van der Waals surface area contributed by atoms with E-state index in [1.54, 1.807) is 12.1 Å². The third-order valence-corrected chi connectivity index (χ3v) is 5.76. The lowest BCUT2D eigenvalue weighted by Crippen LogP contribution is -2.37. The summed E-state index contributed by atoms with van der Waals surface area (Å²) in [5.74, 6) is 0.436. The quantitative estimate of drug-likeness (QED) is 0.674. The zero-order valence-corrected chi connectivity index (χ0v) is 16.0. The first kappa shape index (κ1) is 18.7. The number of nitrogens with one attached hydrogen (secondary N) is 2. The topological polar surface area (TPSA) is 73.4 Å². The van der Waals surface area contributed by atoms with Gasteiger partial charge in [0.15, 0.2) is 0 Å². The predicted molar refractivity (Wildman–Crippen MR) is 108 cm³/mol. The van der Waals surface area contributed by atoms with E-state index < -0.39 is 11.7 Å². The van der Waals surface area contributed by atoms with Crippen LogP contribution in [0.3, 0.4) is 0 Å². The molecule has 3 heterocycles. The van der Waals surface area contributed by atoms with Gasteiger partial charge in [0.1, 0.15) is 5.84 Å². The molecule has 0 unspecified atom stereocenters. The van der Waals surface area contributed by atoms with Crippen molar-refractivity contribution >= 4 is 22.3 Å². The van der Waals surface area contributed by atoms with Crippen LogP contribution in [0, 0.1) is 0 Å². The molecule has 0 spiro atoms. The molecule has 154 valence electrons. The summed E-state index contributed by atoms with van der Waals surface area (Å²) in [5, 5.41) is 11.6. The van der Waals surface area contributed by atoms with Crippen molar-refractivity contribution in [3.05, 3.63) is 69.6 Å². The third-order valence-electron chi connectivity index (χ3n) is 5.76. The largest absolute Gasteiger partial charge is 0.416 e. The van der Waals surface area contributed by atoms with E-state index in [9.17, 15) is 18.0 Å². The maximum Gasteiger partial charge on any atom is 0.416 e. The van der Waals surface area contributed by atoms with E-state index in [2.05, 4.69) is 20.5 Å². The van der Waals surface area contributed by atoms with Crippen LogP contribution in [0.5, 0.6) is 0 Å². The Balaban J connectivity index is 1.69. The van der Waals surface area contributed by atoms with Crippen LogP contribution in [0.1, 0.15) is 28.8 Å². The molecule has 6 nitrogen and oxygen atoms in total. The molecule has 0 amide bonds. The minimum Gasteiger partial charge on any atom is -0.377 e. The molecule has 1 aromatic heterocycles. The fourth-order valence-electron chi connectivity index (χ4n) is 4.31. The first-order valence-electron chi connectivity index (χ1n) is 9.55. The summed E-state index contributed by atoms with van der Waals surface area (Å²) in [4.78, 5) is 19.0. The van der Waals surface area contributed by atoms with Gasteiger partial charge < -0.3 is 10.2 Å². The normalized spacial score (nSPS) is 20.9. The van der Waals surface area contributed by atoms with Crippen LogP contribution >= 0.6 is 0 Å². The minimum absolute atomic E-state index is 0.286. The van der Waals surface area contributed by atoms with Gasteiger partial charge in [0.2, 0.25) is 0 Å². The number of amidine groups is 1. The summed E-state index contributed by atoms with van der Waals surface area (Å²) in [7, 11) is 1.93. The molecule has 0 bridgehead atoms. The Labute approximate surface area is 169 Å². The smallest absolute Gasteiger partial charge is 0.377 e. The molecule has 0 radical (unpaired) electrons. The Morgan fingerprint density at radius 3 is 2.57 bits per heavy atom. The van der Waals surface area contributed by atoms with Gasteiger partial charge in [-0.1, -0.05) is 18.2 Å². The Kier molecular flexibility index (Phi) is 4.09. The third kappa shape index (κ3) is 2.84. The standard InChI is InChI=1S/C21H18F3N5O/c1-29-10-9-25-19(29)16-17(11-5-7-12(8-6-11)21(22,23)24)26-14-4-2-3-13-15(14)18(16)27-28-20(13)30/h2-8,16-17,26H,9-10H2,1H3,(H,28,30)/t16-,17+/m1/s1. The van der Waals surface area contributed by atoms with Crippen LogP contribution in [0.4, 0.5) is 18.9 Å². The van der Waals surface area contributed by atoms with Crippen LogP contribution in [0.15, 0.2) is 52.3 Å². The van der Waals surface area contributed by atoms with Gasteiger partial charge in [0, 0.05) is 24.7 Å². The highest BCUT2D eigenvalue weighted by Crippen LogP contribution is 2.45. The molecule has 2 atom stereocenters. The van der Waals surface area contributed by atoms with Gasteiger partial charge in [0.25, 0.3) is 5.56 Å². The molecule has 2 aromatic carbocycles. The maximum absolute atomic E-state index is 13.0. The lowest BCUT2D eigenvalue weighted by Gasteiger charge is -2.36. The molecule has 0 aliphatic carbocycles. The van der Waals surface area contributed by atoms with Crippen molar-refractivity contribution in [1.29, 1.82) is 0 Å². The van der Waals surface area contributed by atoms with Crippen LogP contribution in [-0.4, -0.2) is 41.1 Å². The highest BCUT2D eigenvalue weighted by Gasteiger charge is 2.40. The highest BCUT2D eigenvalue weighted by molar-refractivity contribution is 6.02. The lowest BCUT2D eigenvalue weighted by atomic mass is 9.83. The fourth-order valence-corrected chi connectivity index (χ4v) is 4.31. The number of alkyl halides is 3. The number of H-pyrrole nitrogens is 1. The monoisotopic (exact) mass is 413 g/mol. The van der Waals surface area contributed by atoms with Crippen molar-refractivity contribution in [1.82, 2.24) is 15.1 Å². The first-order chi connectivity index (χ1) is 14.3. The highest BCUT2D eigenvalue weighted by atomic mass is 19.4. The number of nitrogens with zero attached hydrogens (tertiary/aromatic N) is 3. The molecule has 5 rings (SSSR count). The second-order valence-corrected chi connectivity index (χ2v) is 7.55. The minimum atomic E-state index is -4.40. The Morgan fingerprint density at radius 2 is 1.90 bits per heavy atom. The van der Waals surface area contributed by atoms with Gasteiger partial charge in [-0.3, -0.25) is 9.79 Å². The number of aliphatic imine (C=N–C) groups is 1. The molecular weight excluding hydrogens is 395 g/mol. The Bertz CT molecular complexity index is 1220. The van der Waals surface area contributed by atoms with Crippen LogP contribution in [0.25, 0.3) is 10.8 Å². The van der Waals surface area contributed by atoms with Gasteiger partial charge in [-0.2, -0.15) is 18.3 Å². The second-order valence-electron chi connectivity index (χ2n) is 7.55. The van der Waals surface area contributed by atoms with Crippen molar-refractivity contribution in [3.63, 3.8) is 0 Å². The van der Waals surface area contributed by atoms with Crippen molar-refractivity contribution < 1.29 is 13.2 Å².